The summed E-state index contributed by atoms with van der Waals surface area (Å²) in [6.07, 6.45) is 0. The van der Waals surface area contributed by atoms with E-state index >= 15 is 0 Å². The Morgan fingerprint density at radius 1 is 1.20 bits per heavy atom. The van der Waals surface area contributed by atoms with Gasteiger partial charge in [0, 0.05) is 5.56 Å². The molecule has 2 heterocycles. The van der Waals surface area contributed by atoms with Crippen LogP contribution in [0.4, 0.5) is 4.39 Å². The highest BCUT2D eigenvalue weighted by Crippen LogP contribution is 2.17. The minimum absolute atomic E-state index is 0.267. The average molecular weight is 290 g/mol. The van der Waals surface area contributed by atoms with E-state index < -0.39 is 5.82 Å². The van der Waals surface area contributed by atoms with Crippen molar-refractivity contribution in [3.8, 4) is 0 Å². The number of aryl methyl sites for hydroxylation is 1. The normalized spacial score (nSPS) is 10.9. The van der Waals surface area contributed by atoms with Crippen LogP contribution in [-0.2, 0) is 0 Å². The summed E-state index contributed by atoms with van der Waals surface area (Å²) >= 11 is 5.85. The van der Waals surface area contributed by atoms with E-state index in [9.17, 15) is 9.18 Å². The molecule has 4 nitrogen and oxygen atoms in total. The van der Waals surface area contributed by atoms with E-state index in [-0.39, 0.29) is 10.9 Å². The van der Waals surface area contributed by atoms with Crippen LogP contribution in [-0.4, -0.2) is 20.4 Å². The number of halogens is 2. The van der Waals surface area contributed by atoms with Crippen LogP contribution in [0, 0.1) is 12.7 Å². The summed E-state index contributed by atoms with van der Waals surface area (Å²) in [4.78, 5) is 16.8. The number of aromatic nitrogens is 3. The molecule has 1 aromatic carbocycles. The van der Waals surface area contributed by atoms with Crippen molar-refractivity contribution in [1.82, 2.24) is 14.6 Å². The van der Waals surface area contributed by atoms with Crippen molar-refractivity contribution in [2.45, 2.75) is 6.92 Å². The standard InChI is InChI=1S/C14H9ClFN3O/c1-8-13(14(20)9-2-4-10(16)5-3-9)19-12(17-8)7-6-11(15)18-19/h2-7H,1H3. The second kappa shape index (κ2) is 4.68. The third kappa shape index (κ3) is 2.06. The average Bonchev–Trinajstić information content (AvgIpc) is 2.74. The lowest BCUT2D eigenvalue weighted by molar-refractivity contribution is 0.103. The molecular formula is C14H9ClFN3O. The molecule has 0 aliphatic rings. The van der Waals surface area contributed by atoms with Crippen molar-refractivity contribution in [3.05, 3.63) is 64.3 Å². The van der Waals surface area contributed by atoms with E-state index in [0.29, 0.717) is 22.6 Å². The Bertz CT molecular complexity index is 811. The first-order valence-electron chi connectivity index (χ1n) is 5.88. The third-order valence-electron chi connectivity index (χ3n) is 2.94. The van der Waals surface area contributed by atoms with Crippen molar-refractivity contribution in [1.29, 1.82) is 0 Å². The van der Waals surface area contributed by atoms with Crippen molar-refractivity contribution in [2.75, 3.05) is 0 Å². The van der Waals surface area contributed by atoms with Crippen LogP contribution in [0.15, 0.2) is 36.4 Å². The molecule has 0 N–H and O–H groups in total. The zero-order valence-electron chi connectivity index (χ0n) is 10.5. The minimum Gasteiger partial charge on any atom is -0.287 e. The summed E-state index contributed by atoms with van der Waals surface area (Å²) in [5.74, 6) is -0.664. The van der Waals surface area contributed by atoms with Gasteiger partial charge in [-0.25, -0.2) is 13.9 Å². The number of ketones is 1. The molecule has 0 aliphatic carbocycles. The zero-order valence-corrected chi connectivity index (χ0v) is 11.2. The van der Waals surface area contributed by atoms with Crippen LogP contribution >= 0.6 is 11.6 Å². The van der Waals surface area contributed by atoms with Crippen molar-refractivity contribution in [2.24, 2.45) is 0 Å². The number of nitrogens with zero attached hydrogens (tertiary/aromatic N) is 3. The molecule has 0 aliphatic heterocycles. The molecule has 0 unspecified atom stereocenters. The Labute approximate surface area is 118 Å². The van der Waals surface area contributed by atoms with Crippen molar-refractivity contribution in [3.63, 3.8) is 0 Å². The molecule has 0 spiro atoms. The summed E-state index contributed by atoms with van der Waals surface area (Å²) in [6, 6.07) is 8.64. The van der Waals surface area contributed by atoms with Gasteiger partial charge in [0.25, 0.3) is 0 Å². The second-order valence-electron chi connectivity index (χ2n) is 4.31. The van der Waals surface area contributed by atoms with Gasteiger partial charge in [0.2, 0.25) is 5.78 Å². The molecule has 0 radical (unpaired) electrons. The van der Waals surface area contributed by atoms with Crippen LogP contribution in [0.5, 0.6) is 0 Å². The lowest BCUT2D eigenvalue weighted by Gasteiger charge is -2.02. The maximum absolute atomic E-state index is 12.9. The van der Waals surface area contributed by atoms with E-state index in [1.807, 2.05) is 0 Å². The van der Waals surface area contributed by atoms with Gasteiger partial charge in [-0.2, -0.15) is 5.10 Å². The fourth-order valence-electron chi connectivity index (χ4n) is 2.02. The van der Waals surface area contributed by atoms with Gasteiger partial charge in [0.1, 0.15) is 16.7 Å². The Morgan fingerprint density at radius 3 is 2.60 bits per heavy atom. The fourth-order valence-corrected chi connectivity index (χ4v) is 2.16. The van der Waals surface area contributed by atoms with E-state index in [4.69, 9.17) is 11.6 Å². The molecule has 0 atom stereocenters. The molecule has 6 heteroatoms. The lowest BCUT2D eigenvalue weighted by Crippen LogP contribution is -2.09. The van der Waals surface area contributed by atoms with Gasteiger partial charge in [-0.3, -0.25) is 4.79 Å². The summed E-state index contributed by atoms with van der Waals surface area (Å²) < 4.78 is 14.3. The summed E-state index contributed by atoms with van der Waals surface area (Å²) in [6.45, 7) is 1.72. The van der Waals surface area contributed by atoms with Gasteiger partial charge < -0.3 is 0 Å². The Balaban J connectivity index is 2.18. The minimum atomic E-state index is -0.391. The number of rotatable bonds is 2. The van der Waals surface area contributed by atoms with Gasteiger partial charge in [0.05, 0.1) is 5.69 Å². The van der Waals surface area contributed by atoms with Crippen LogP contribution in [0.2, 0.25) is 5.15 Å². The van der Waals surface area contributed by atoms with Crippen LogP contribution in [0.3, 0.4) is 0 Å². The SMILES string of the molecule is Cc1nc2ccc(Cl)nn2c1C(=O)c1ccc(F)cc1. The highest BCUT2D eigenvalue weighted by Gasteiger charge is 2.19. The van der Waals surface area contributed by atoms with Gasteiger partial charge in [0.15, 0.2) is 5.65 Å². The maximum atomic E-state index is 12.9. The maximum Gasteiger partial charge on any atom is 0.213 e. The summed E-state index contributed by atoms with van der Waals surface area (Å²) in [5, 5.41) is 4.35. The predicted octanol–water partition coefficient (Wildman–Crippen LogP) is 3.06. The number of carbonyl (C=O) groups excluding carboxylic acids is 1. The lowest BCUT2D eigenvalue weighted by atomic mass is 10.1. The summed E-state index contributed by atoms with van der Waals surface area (Å²) in [7, 11) is 0. The number of imidazole rings is 1. The molecule has 0 saturated heterocycles. The number of hydrogen-bond acceptors (Lipinski definition) is 3. The topological polar surface area (TPSA) is 47.3 Å². The molecule has 100 valence electrons. The monoisotopic (exact) mass is 289 g/mol. The smallest absolute Gasteiger partial charge is 0.213 e. The van der Waals surface area contributed by atoms with Crippen molar-refractivity contribution < 1.29 is 9.18 Å². The molecule has 3 aromatic rings. The summed E-state index contributed by atoms with van der Waals surface area (Å²) in [5.41, 5.74) is 1.79. The largest absolute Gasteiger partial charge is 0.287 e. The van der Waals surface area contributed by atoms with E-state index in [1.54, 1.807) is 19.1 Å². The number of fused-ring (bicyclic) bond motifs is 1. The molecule has 0 bridgehead atoms. The molecule has 0 saturated carbocycles. The Morgan fingerprint density at radius 2 is 1.90 bits per heavy atom. The number of carbonyl (C=O) groups is 1. The van der Waals surface area contributed by atoms with Crippen LogP contribution in [0.1, 0.15) is 21.7 Å². The predicted molar refractivity (Wildman–Crippen MR) is 72.6 cm³/mol. The van der Waals surface area contributed by atoms with E-state index in [1.165, 1.54) is 28.8 Å². The first-order valence-corrected chi connectivity index (χ1v) is 6.26. The van der Waals surface area contributed by atoms with Gasteiger partial charge >= 0.3 is 0 Å². The van der Waals surface area contributed by atoms with Crippen LogP contribution in [0.25, 0.3) is 5.65 Å². The van der Waals surface area contributed by atoms with Crippen molar-refractivity contribution >= 4 is 23.0 Å². The highest BCUT2D eigenvalue weighted by atomic mass is 35.5. The quantitative estimate of drug-likeness (QED) is 0.681. The zero-order chi connectivity index (χ0) is 14.3. The molecule has 2 aromatic heterocycles. The fraction of sp³-hybridized carbons (Fsp3) is 0.0714. The first-order chi connectivity index (χ1) is 9.56. The first kappa shape index (κ1) is 12.7. The Hall–Kier alpha value is -2.27. The second-order valence-corrected chi connectivity index (χ2v) is 4.70. The molecule has 0 fully saturated rings. The molecular weight excluding hydrogens is 281 g/mol. The molecule has 20 heavy (non-hydrogen) atoms. The highest BCUT2D eigenvalue weighted by molar-refractivity contribution is 6.29. The number of hydrogen-bond donors (Lipinski definition) is 0. The van der Waals surface area contributed by atoms with Gasteiger partial charge in [-0.15, -0.1) is 0 Å². The Kier molecular flexibility index (Phi) is 2.99. The third-order valence-corrected chi connectivity index (χ3v) is 3.14. The van der Waals surface area contributed by atoms with Crippen LogP contribution < -0.4 is 0 Å². The molecule has 3 rings (SSSR count). The van der Waals surface area contributed by atoms with E-state index in [2.05, 4.69) is 10.1 Å². The van der Waals surface area contributed by atoms with E-state index in [0.717, 1.165) is 0 Å². The van der Waals surface area contributed by atoms with Gasteiger partial charge in [-0.1, -0.05) is 11.6 Å². The number of benzene rings is 1. The van der Waals surface area contributed by atoms with Gasteiger partial charge in [-0.05, 0) is 43.3 Å². The molecule has 0 amide bonds.